The highest BCUT2D eigenvalue weighted by molar-refractivity contribution is 7.89. The maximum absolute atomic E-state index is 12.3. The summed E-state index contributed by atoms with van der Waals surface area (Å²) in [4.78, 5) is 6.04. The Labute approximate surface area is 170 Å². The lowest BCUT2D eigenvalue weighted by atomic mass is 10.1. The van der Waals surface area contributed by atoms with Crippen LogP contribution in [-0.4, -0.2) is 31.4 Å². The Kier molecular flexibility index (Phi) is 6.49. The fourth-order valence-electron chi connectivity index (χ4n) is 2.80. The van der Waals surface area contributed by atoms with Crippen molar-refractivity contribution in [2.45, 2.75) is 31.2 Å². The second-order valence-electron chi connectivity index (χ2n) is 6.67. The van der Waals surface area contributed by atoms with Gasteiger partial charge in [0.25, 0.3) is 0 Å². The fraction of sp³-hybridized carbons (Fsp3) is 0.286. The minimum atomic E-state index is -3.43. The van der Waals surface area contributed by atoms with Gasteiger partial charge in [0.1, 0.15) is 0 Å². The quantitative estimate of drug-likeness (QED) is 0.570. The van der Waals surface area contributed by atoms with Gasteiger partial charge in [-0.2, -0.15) is 0 Å². The summed E-state index contributed by atoms with van der Waals surface area (Å²) < 4.78 is 28.1. The molecule has 0 radical (unpaired) electrons. The fourth-order valence-corrected chi connectivity index (χ4v) is 4.66. The van der Waals surface area contributed by atoms with Crippen molar-refractivity contribution in [1.29, 1.82) is 0 Å². The Morgan fingerprint density at radius 2 is 1.71 bits per heavy atom. The van der Waals surface area contributed by atoms with Crippen LogP contribution >= 0.6 is 11.3 Å². The van der Waals surface area contributed by atoms with Crippen LogP contribution in [0.25, 0.3) is 11.3 Å². The average Bonchev–Trinajstić information content (AvgIpc) is 3.09. The van der Waals surface area contributed by atoms with E-state index >= 15 is 0 Å². The molecule has 7 heteroatoms. The van der Waals surface area contributed by atoms with Crippen molar-refractivity contribution in [1.82, 2.24) is 8.87 Å². The first-order chi connectivity index (χ1) is 13.4. The summed E-state index contributed by atoms with van der Waals surface area (Å²) in [5, 5.41) is 2.09. The lowest BCUT2D eigenvalue weighted by Crippen LogP contribution is -2.22. The molecular weight excluding hydrogens is 390 g/mol. The number of rotatable bonds is 7. The van der Waals surface area contributed by atoms with Crippen molar-refractivity contribution in [3.05, 3.63) is 64.8 Å². The molecule has 0 aliphatic heterocycles. The molecule has 0 amide bonds. The molecule has 0 unspecified atom stereocenters. The zero-order chi connectivity index (χ0) is 20.1. The summed E-state index contributed by atoms with van der Waals surface area (Å²) in [6.45, 7) is 3.04. The van der Waals surface area contributed by atoms with Crippen molar-refractivity contribution < 1.29 is 8.42 Å². The molecule has 0 spiro atoms. The maximum atomic E-state index is 12.3. The van der Waals surface area contributed by atoms with Gasteiger partial charge in [-0.15, -0.1) is 11.3 Å². The van der Waals surface area contributed by atoms with Crippen LogP contribution in [0.3, 0.4) is 0 Å². The number of thiazole rings is 1. The molecule has 0 bridgehead atoms. The Bertz CT molecular complexity index is 1080. The van der Waals surface area contributed by atoms with Crippen molar-refractivity contribution in [2.75, 3.05) is 14.1 Å². The molecule has 2 aromatic carbocycles. The molecule has 0 saturated heterocycles. The van der Waals surface area contributed by atoms with Crippen molar-refractivity contribution in [3.8, 4) is 11.3 Å². The van der Waals surface area contributed by atoms with Gasteiger partial charge < -0.3 is 4.57 Å². The summed E-state index contributed by atoms with van der Waals surface area (Å²) in [5.74, 6) is 0. The van der Waals surface area contributed by atoms with Crippen LogP contribution in [0, 0.1) is 0 Å². The Morgan fingerprint density at radius 3 is 2.32 bits per heavy atom. The summed E-state index contributed by atoms with van der Waals surface area (Å²) in [5.41, 5.74) is 2.97. The van der Waals surface area contributed by atoms with E-state index in [0.29, 0.717) is 4.90 Å². The van der Waals surface area contributed by atoms with Crippen LogP contribution in [-0.2, 0) is 16.6 Å². The monoisotopic (exact) mass is 415 g/mol. The number of hydrogen-bond acceptors (Lipinski definition) is 4. The van der Waals surface area contributed by atoms with E-state index in [1.165, 1.54) is 18.4 Å². The summed E-state index contributed by atoms with van der Waals surface area (Å²) in [6, 6.07) is 17.0. The number of para-hydroxylation sites is 1. The van der Waals surface area contributed by atoms with Crippen LogP contribution in [0.4, 0.5) is 5.69 Å². The molecule has 0 aliphatic carbocycles. The molecule has 0 saturated carbocycles. The normalized spacial score (nSPS) is 12.6. The SMILES string of the molecule is CCCCn1c(-c2ccc(S(=O)(=O)N(C)C)cc2)csc1=Nc1ccccc1. The molecular formula is C21H25N3O2S2. The van der Waals surface area contributed by atoms with Gasteiger partial charge in [-0.05, 0) is 36.2 Å². The number of hydrogen-bond donors (Lipinski definition) is 0. The number of aromatic nitrogens is 1. The van der Waals surface area contributed by atoms with Crippen molar-refractivity contribution in [2.24, 2.45) is 4.99 Å². The first kappa shape index (κ1) is 20.5. The lowest BCUT2D eigenvalue weighted by Gasteiger charge is -2.12. The second-order valence-corrected chi connectivity index (χ2v) is 9.66. The standard InChI is InChI=1S/C21H25N3O2S2/c1-4-5-15-24-20(16-27-21(24)22-18-9-7-6-8-10-18)17-11-13-19(14-12-17)28(25,26)23(2)3/h6-14,16H,4-5,15H2,1-3H3. The minimum Gasteiger partial charge on any atom is -0.316 e. The van der Waals surface area contributed by atoms with E-state index in [2.05, 4.69) is 16.9 Å². The van der Waals surface area contributed by atoms with Gasteiger partial charge in [0.15, 0.2) is 4.80 Å². The molecule has 3 rings (SSSR count). The van der Waals surface area contributed by atoms with E-state index in [1.807, 2.05) is 42.5 Å². The Balaban J connectivity index is 2.03. The van der Waals surface area contributed by atoms with E-state index in [0.717, 1.165) is 41.1 Å². The largest absolute Gasteiger partial charge is 0.316 e. The minimum absolute atomic E-state index is 0.297. The van der Waals surface area contributed by atoms with Crippen molar-refractivity contribution >= 4 is 27.0 Å². The highest BCUT2D eigenvalue weighted by Crippen LogP contribution is 2.24. The van der Waals surface area contributed by atoms with Crippen LogP contribution < -0.4 is 4.80 Å². The van der Waals surface area contributed by atoms with Crippen LogP contribution in [0.1, 0.15) is 19.8 Å². The van der Waals surface area contributed by atoms with Crippen LogP contribution in [0.5, 0.6) is 0 Å². The average molecular weight is 416 g/mol. The third kappa shape index (κ3) is 4.43. The predicted molar refractivity (Wildman–Crippen MR) is 115 cm³/mol. The van der Waals surface area contributed by atoms with E-state index in [4.69, 9.17) is 4.99 Å². The number of nitrogens with zero attached hydrogens (tertiary/aromatic N) is 3. The van der Waals surface area contributed by atoms with Crippen LogP contribution in [0.15, 0.2) is 69.9 Å². The van der Waals surface area contributed by atoms with Gasteiger partial charge in [0.05, 0.1) is 16.3 Å². The molecule has 0 N–H and O–H groups in total. The lowest BCUT2D eigenvalue weighted by molar-refractivity contribution is 0.521. The predicted octanol–water partition coefficient (Wildman–Crippen LogP) is 4.50. The number of unbranched alkanes of at least 4 members (excludes halogenated alkanes) is 1. The van der Waals surface area contributed by atoms with Crippen molar-refractivity contribution in [3.63, 3.8) is 0 Å². The molecule has 1 aromatic heterocycles. The zero-order valence-electron chi connectivity index (χ0n) is 16.4. The van der Waals surface area contributed by atoms with Gasteiger partial charge in [-0.3, -0.25) is 0 Å². The third-order valence-corrected chi connectivity index (χ3v) is 7.14. The molecule has 0 aliphatic rings. The van der Waals surface area contributed by atoms with Gasteiger partial charge in [0, 0.05) is 26.0 Å². The molecule has 0 fully saturated rings. The third-order valence-electron chi connectivity index (χ3n) is 4.44. The van der Waals surface area contributed by atoms with Gasteiger partial charge >= 0.3 is 0 Å². The Morgan fingerprint density at radius 1 is 1.04 bits per heavy atom. The van der Waals surface area contributed by atoms with Crippen LogP contribution in [0.2, 0.25) is 0 Å². The summed E-state index contributed by atoms with van der Waals surface area (Å²) in [6.07, 6.45) is 2.14. The highest BCUT2D eigenvalue weighted by atomic mass is 32.2. The molecule has 148 valence electrons. The Hall–Kier alpha value is -2.22. The molecule has 0 atom stereocenters. The molecule has 1 heterocycles. The first-order valence-electron chi connectivity index (χ1n) is 9.24. The van der Waals surface area contributed by atoms with E-state index in [9.17, 15) is 8.42 Å². The summed E-state index contributed by atoms with van der Waals surface area (Å²) in [7, 11) is -0.345. The first-order valence-corrected chi connectivity index (χ1v) is 11.6. The van der Waals surface area contributed by atoms with E-state index in [1.54, 1.807) is 23.5 Å². The number of benzene rings is 2. The molecule has 5 nitrogen and oxygen atoms in total. The molecule has 28 heavy (non-hydrogen) atoms. The zero-order valence-corrected chi connectivity index (χ0v) is 18.0. The smallest absolute Gasteiger partial charge is 0.242 e. The van der Waals surface area contributed by atoms with Gasteiger partial charge in [0.2, 0.25) is 10.0 Å². The number of sulfonamides is 1. The van der Waals surface area contributed by atoms with E-state index in [-0.39, 0.29) is 0 Å². The highest BCUT2D eigenvalue weighted by Gasteiger charge is 2.17. The summed E-state index contributed by atoms with van der Waals surface area (Å²) >= 11 is 1.60. The van der Waals surface area contributed by atoms with Gasteiger partial charge in [-0.25, -0.2) is 17.7 Å². The van der Waals surface area contributed by atoms with E-state index < -0.39 is 10.0 Å². The molecule has 3 aromatic rings. The van der Waals surface area contributed by atoms with Gasteiger partial charge in [-0.1, -0.05) is 43.7 Å². The topological polar surface area (TPSA) is 54.7 Å². The maximum Gasteiger partial charge on any atom is 0.242 e. The second kappa shape index (κ2) is 8.86.